The largest absolute Gasteiger partial charge is 0.465 e. The summed E-state index contributed by atoms with van der Waals surface area (Å²) in [5, 5.41) is 23.6. The number of carbonyl (C=O) groups is 2. The van der Waals surface area contributed by atoms with Gasteiger partial charge >= 0.3 is 6.09 Å². The number of carboxylic acid groups (broad SMARTS) is 1. The maximum absolute atomic E-state index is 13.0. The van der Waals surface area contributed by atoms with E-state index in [-0.39, 0.29) is 18.5 Å². The summed E-state index contributed by atoms with van der Waals surface area (Å²) in [6.45, 7) is 0.238. The van der Waals surface area contributed by atoms with Crippen LogP contribution in [0.5, 0.6) is 0 Å². The molecule has 7 heteroatoms. The lowest BCUT2D eigenvalue weighted by Gasteiger charge is -2.29. The molecule has 0 bridgehead atoms. The lowest BCUT2D eigenvalue weighted by atomic mass is 9.84. The molecular formula is C25H31ClN2O4. The maximum atomic E-state index is 13.0. The summed E-state index contributed by atoms with van der Waals surface area (Å²) in [6, 6.07) is 13.6. The monoisotopic (exact) mass is 458 g/mol. The van der Waals surface area contributed by atoms with Gasteiger partial charge in [0.15, 0.2) is 0 Å². The first-order valence-electron chi connectivity index (χ1n) is 11.1. The van der Waals surface area contributed by atoms with Crippen molar-refractivity contribution in [2.45, 2.75) is 50.7 Å². The molecule has 172 valence electrons. The molecule has 1 aliphatic carbocycles. The lowest BCUT2D eigenvalue weighted by molar-refractivity contribution is 0.0910. The number of carbonyl (C=O) groups excluding carboxylic acids is 1. The van der Waals surface area contributed by atoms with Crippen LogP contribution < -0.4 is 5.32 Å². The quantitative estimate of drug-likeness (QED) is 0.513. The third-order valence-corrected chi connectivity index (χ3v) is 6.36. The fourth-order valence-electron chi connectivity index (χ4n) is 4.40. The van der Waals surface area contributed by atoms with Gasteiger partial charge in [0.25, 0.3) is 5.91 Å². The van der Waals surface area contributed by atoms with Crippen LogP contribution in [0, 0.1) is 5.92 Å². The Morgan fingerprint density at radius 3 is 2.41 bits per heavy atom. The van der Waals surface area contributed by atoms with E-state index in [1.165, 1.54) is 31.2 Å². The van der Waals surface area contributed by atoms with E-state index in [0.717, 1.165) is 19.3 Å². The third kappa shape index (κ3) is 6.71. The van der Waals surface area contributed by atoms with E-state index >= 15 is 0 Å². The van der Waals surface area contributed by atoms with Crippen molar-refractivity contribution in [1.82, 2.24) is 10.2 Å². The van der Waals surface area contributed by atoms with Gasteiger partial charge in [0.05, 0.1) is 0 Å². The minimum absolute atomic E-state index is 0.238. The van der Waals surface area contributed by atoms with E-state index in [2.05, 4.69) is 5.32 Å². The first-order valence-corrected chi connectivity index (χ1v) is 11.5. The first-order chi connectivity index (χ1) is 15.3. The van der Waals surface area contributed by atoms with E-state index in [4.69, 9.17) is 11.6 Å². The molecule has 3 N–H and O–H groups in total. The summed E-state index contributed by atoms with van der Waals surface area (Å²) in [6.07, 6.45) is 4.68. The Hall–Kier alpha value is -2.57. The summed E-state index contributed by atoms with van der Waals surface area (Å²) in [4.78, 5) is 25.6. The molecule has 3 rings (SSSR count). The predicted molar refractivity (Wildman–Crippen MR) is 125 cm³/mol. The standard InChI is InChI=1S/C25H31ClN2O4/c1-28(25(31)32)16-22(13-17-7-3-2-4-8-17)27-24(30)20-11-5-9-18(14-20)23(29)19-10-6-12-21(26)15-19/h5-6,9-12,14-15,17,22-23,29H,2-4,7-8,13,16H2,1H3,(H,27,30)(H,31,32)/t22-,23?/m0/s1. The highest BCUT2D eigenvalue weighted by molar-refractivity contribution is 6.30. The van der Waals surface area contributed by atoms with Gasteiger partial charge in [-0.05, 0) is 47.7 Å². The van der Waals surface area contributed by atoms with Crippen LogP contribution in [0.3, 0.4) is 0 Å². The predicted octanol–water partition coefficient (Wildman–Crippen LogP) is 5.10. The highest BCUT2D eigenvalue weighted by Gasteiger charge is 2.24. The van der Waals surface area contributed by atoms with Crippen LogP contribution in [0.1, 0.15) is 66.1 Å². The molecule has 2 aromatic rings. The molecule has 6 nitrogen and oxygen atoms in total. The van der Waals surface area contributed by atoms with E-state index < -0.39 is 12.2 Å². The molecular weight excluding hydrogens is 428 g/mol. The van der Waals surface area contributed by atoms with E-state index in [9.17, 15) is 19.8 Å². The van der Waals surface area contributed by atoms with Crippen LogP contribution in [0.4, 0.5) is 4.79 Å². The van der Waals surface area contributed by atoms with Crippen LogP contribution in [-0.2, 0) is 0 Å². The fraction of sp³-hybridized carbons (Fsp3) is 0.440. The summed E-state index contributed by atoms with van der Waals surface area (Å²) in [5.74, 6) is 0.219. The highest BCUT2D eigenvalue weighted by atomic mass is 35.5. The van der Waals surface area contributed by atoms with Crippen LogP contribution in [-0.4, -0.2) is 46.7 Å². The van der Waals surface area contributed by atoms with E-state index in [0.29, 0.717) is 27.6 Å². The smallest absolute Gasteiger partial charge is 0.407 e. The van der Waals surface area contributed by atoms with Crippen LogP contribution in [0.2, 0.25) is 5.02 Å². The van der Waals surface area contributed by atoms with Crippen molar-refractivity contribution in [3.8, 4) is 0 Å². The van der Waals surface area contributed by atoms with E-state index in [1.807, 2.05) is 0 Å². The average molecular weight is 459 g/mol. The van der Waals surface area contributed by atoms with Gasteiger partial charge in [-0.3, -0.25) is 4.79 Å². The molecule has 0 radical (unpaired) electrons. The Morgan fingerprint density at radius 2 is 1.75 bits per heavy atom. The number of aliphatic hydroxyl groups is 1. The molecule has 2 atom stereocenters. The lowest BCUT2D eigenvalue weighted by Crippen LogP contribution is -2.45. The summed E-state index contributed by atoms with van der Waals surface area (Å²) in [5.41, 5.74) is 1.66. The number of hydrogen-bond acceptors (Lipinski definition) is 3. The summed E-state index contributed by atoms with van der Waals surface area (Å²) in [7, 11) is 1.52. The van der Waals surface area contributed by atoms with Gasteiger partial charge < -0.3 is 20.4 Å². The van der Waals surface area contributed by atoms with E-state index in [1.54, 1.807) is 48.5 Å². The van der Waals surface area contributed by atoms with Gasteiger partial charge in [-0.25, -0.2) is 4.79 Å². The molecule has 0 saturated heterocycles. The number of likely N-dealkylation sites (N-methyl/N-ethyl adjacent to an activating group) is 1. The Labute approximate surface area is 194 Å². The van der Waals surface area contributed by atoms with Crippen LogP contribution in [0.15, 0.2) is 48.5 Å². The van der Waals surface area contributed by atoms with Gasteiger partial charge in [0.2, 0.25) is 0 Å². The van der Waals surface area contributed by atoms with Crippen LogP contribution >= 0.6 is 11.6 Å². The second-order valence-corrected chi connectivity index (χ2v) is 9.09. The molecule has 1 saturated carbocycles. The molecule has 32 heavy (non-hydrogen) atoms. The number of amides is 2. The molecule has 0 spiro atoms. The normalized spacial score (nSPS) is 16.2. The van der Waals surface area contributed by atoms with Gasteiger partial charge in [-0.2, -0.15) is 0 Å². The molecule has 1 aliphatic rings. The van der Waals surface area contributed by atoms with Crippen molar-refractivity contribution in [3.05, 3.63) is 70.2 Å². The summed E-state index contributed by atoms with van der Waals surface area (Å²) < 4.78 is 0. The topological polar surface area (TPSA) is 89.9 Å². The van der Waals surface area contributed by atoms with Crippen molar-refractivity contribution in [3.63, 3.8) is 0 Å². The van der Waals surface area contributed by atoms with Gasteiger partial charge in [0.1, 0.15) is 6.10 Å². The van der Waals surface area contributed by atoms with Crippen molar-refractivity contribution < 1.29 is 19.8 Å². The van der Waals surface area contributed by atoms with Gasteiger partial charge in [-0.1, -0.05) is 68.0 Å². The number of halogens is 1. The zero-order valence-corrected chi connectivity index (χ0v) is 19.1. The zero-order chi connectivity index (χ0) is 23.1. The summed E-state index contributed by atoms with van der Waals surface area (Å²) >= 11 is 6.04. The number of rotatable bonds is 8. The highest BCUT2D eigenvalue weighted by Crippen LogP contribution is 2.28. The molecule has 0 aromatic heterocycles. The number of nitrogens with one attached hydrogen (secondary N) is 1. The Bertz CT molecular complexity index is 930. The molecule has 2 aromatic carbocycles. The fourth-order valence-corrected chi connectivity index (χ4v) is 4.60. The van der Waals surface area contributed by atoms with Gasteiger partial charge in [-0.15, -0.1) is 0 Å². The van der Waals surface area contributed by atoms with Crippen molar-refractivity contribution in [1.29, 1.82) is 0 Å². The minimum Gasteiger partial charge on any atom is -0.465 e. The Morgan fingerprint density at radius 1 is 1.09 bits per heavy atom. The SMILES string of the molecule is CN(C[C@H](CC1CCCCC1)NC(=O)c1cccc(C(O)c2cccc(Cl)c2)c1)C(=O)O. The number of aliphatic hydroxyl groups excluding tert-OH is 1. The number of benzene rings is 2. The second-order valence-electron chi connectivity index (χ2n) is 8.66. The van der Waals surface area contributed by atoms with Crippen molar-refractivity contribution >= 4 is 23.6 Å². The molecule has 1 unspecified atom stereocenters. The minimum atomic E-state index is -1.01. The second kappa shape index (κ2) is 11.3. The Kier molecular flexibility index (Phi) is 8.53. The molecule has 1 fully saturated rings. The van der Waals surface area contributed by atoms with Crippen molar-refractivity contribution in [2.75, 3.05) is 13.6 Å². The first kappa shape index (κ1) is 24.1. The number of nitrogens with zero attached hydrogens (tertiary/aromatic N) is 1. The molecule has 0 heterocycles. The van der Waals surface area contributed by atoms with Crippen LogP contribution in [0.25, 0.3) is 0 Å². The number of hydrogen-bond donors (Lipinski definition) is 3. The van der Waals surface area contributed by atoms with Crippen molar-refractivity contribution in [2.24, 2.45) is 5.92 Å². The molecule has 0 aliphatic heterocycles. The third-order valence-electron chi connectivity index (χ3n) is 6.13. The maximum Gasteiger partial charge on any atom is 0.407 e. The average Bonchev–Trinajstić information content (AvgIpc) is 2.79. The van der Waals surface area contributed by atoms with Gasteiger partial charge in [0, 0.05) is 30.2 Å². The molecule has 2 amide bonds. The Balaban J connectivity index is 1.73. The zero-order valence-electron chi connectivity index (χ0n) is 18.3.